The van der Waals surface area contributed by atoms with Gasteiger partial charge in [0.25, 0.3) is 0 Å². The van der Waals surface area contributed by atoms with E-state index < -0.39 is 11.5 Å². The first-order valence-corrected chi connectivity index (χ1v) is 6.51. The summed E-state index contributed by atoms with van der Waals surface area (Å²) in [6.45, 7) is 0.862. The summed E-state index contributed by atoms with van der Waals surface area (Å²) >= 11 is 0. The number of aliphatic carboxylic acids is 1. The van der Waals surface area contributed by atoms with Crippen LogP contribution in [0.1, 0.15) is 12.8 Å². The van der Waals surface area contributed by atoms with Crippen LogP contribution in [0.15, 0.2) is 30.5 Å². The Morgan fingerprint density at radius 3 is 2.65 bits per heavy atom. The maximum Gasteiger partial charge on any atom is 0.329 e. The van der Waals surface area contributed by atoms with Crippen molar-refractivity contribution < 1.29 is 14.6 Å². The molecule has 3 rings (SSSR count). The number of para-hydroxylation sites is 2. The zero-order chi connectivity index (χ0) is 14.0. The van der Waals surface area contributed by atoms with Crippen molar-refractivity contribution in [2.45, 2.75) is 18.4 Å². The number of benzene rings is 1. The first kappa shape index (κ1) is 12.8. The van der Waals surface area contributed by atoms with Gasteiger partial charge in [-0.25, -0.2) is 9.78 Å². The molecule has 0 saturated carbocycles. The number of nitrogens with one attached hydrogen (secondary N) is 1. The van der Waals surface area contributed by atoms with Crippen LogP contribution < -0.4 is 5.32 Å². The molecule has 1 aromatic heterocycles. The summed E-state index contributed by atoms with van der Waals surface area (Å²) in [7, 11) is 0. The first-order chi connectivity index (χ1) is 9.70. The fourth-order valence-corrected chi connectivity index (χ4v) is 2.37. The largest absolute Gasteiger partial charge is 0.480 e. The minimum absolute atomic E-state index is 0.414. The van der Waals surface area contributed by atoms with Gasteiger partial charge >= 0.3 is 5.97 Å². The molecule has 2 heterocycles. The van der Waals surface area contributed by atoms with Crippen molar-refractivity contribution in [2.75, 3.05) is 18.5 Å². The third-order valence-electron chi connectivity index (χ3n) is 3.57. The van der Waals surface area contributed by atoms with Crippen molar-refractivity contribution in [1.29, 1.82) is 0 Å². The van der Waals surface area contributed by atoms with E-state index in [1.165, 1.54) is 0 Å². The average molecular weight is 273 g/mol. The zero-order valence-corrected chi connectivity index (χ0v) is 10.9. The van der Waals surface area contributed by atoms with Crippen LogP contribution in [-0.4, -0.2) is 39.8 Å². The number of anilines is 1. The smallest absolute Gasteiger partial charge is 0.329 e. The van der Waals surface area contributed by atoms with Crippen molar-refractivity contribution in [3.8, 4) is 0 Å². The van der Waals surface area contributed by atoms with Gasteiger partial charge in [0.2, 0.25) is 0 Å². The molecule has 1 aliphatic rings. The molecule has 0 atom stereocenters. The number of rotatable bonds is 3. The number of hydrogen-bond donors (Lipinski definition) is 2. The molecule has 0 amide bonds. The van der Waals surface area contributed by atoms with E-state index in [-0.39, 0.29) is 0 Å². The van der Waals surface area contributed by atoms with Gasteiger partial charge in [0.05, 0.1) is 17.2 Å². The highest BCUT2D eigenvalue weighted by Gasteiger charge is 2.40. The number of nitrogens with zero attached hydrogens (tertiary/aromatic N) is 2. The van der Waals surface area contributed by atoms with E-state index in [2.05, 4.69) is 15.3 Å². The zero-order valence-electron chi connectivity index (χ0n) is 10.9. The van der Waals surface area contributed by atoms with Crippen molar-refractivity contribution in [2.24, 2.45) is 0 Å². The van der Waals surface area contributed by atoms with E-state index in [4.69, 9.17) is 4.74 Å². The highest BCUT2D eigenvalue weighted by atomic mass is 16.5. The van der Waals surface area contributed by atoms with Gasteiger partial charge in [-0.2, -0.15) is 0 Å². The van der Waals surface area contributed by atoms with Crippen molar-refractivity contribution >= 4 is 22.8 Å². The normalized spacial score (nSPS) is 17.8. The minimum atomic E-state index is -1.02. The summed E-state index contributed by atoms with van der Waals surface area (Å²) in [6.07, 6.45) is 2.40. The SMILES string of the molecule is O=C(O)C1(Nc2cnc3ccccc3n2)CCOCC1. The van der Waals surface area contributed by atoms with E-state index in [1.54, 1.807) is 6.20 Å². The quantitative estimate of drug-likeness (QED) is 0.885. The third-order valence-corrected chi connectivity index (χ3v) is 3.57. The predicted octanol–water partition coefficient (Wildman–Crippen LogP) is 1.68. The highest BCUT2D eigenvalue weighted by molar-refractivity contribution is 5.83. The standard InChI is InChI=1S/C14H15N3O3/c18-13(19)14(5-7-20-8-6-14)17-12-9-15-10-3-1-2-4-11(10)16-12/h1-4,9H,5-8H2,(H,16,17)(H,18,19). The molecule has 0 aliphatic carbocycles. The molecule has 0 spiro atoms. The topological polar surface area (TPSA) is 84.3 Å². The second-order valence-corrected chi connectivity index (χ2v) is 4.87. The van der Waals surface area contributed by atoms with Gasteiger partial charge in [-0.15, -0.1) is 0 Å². The number of carbonyl (C=O) groups is 1. The van der Waals surface area contributed by atoms with Crippen LogP contribution >= 0.6 is 0 Å². The van der Waals surface area contributed by atoms with Gasteiger partial charge in [-0.3, -0.25) is 4.98 Å². The third kappa shape index (κ3) is 2.30. The lowest BCUT2D eigenvalue weighted by molar-refractivity contribution is -0.145. The number of carboxylic acids is 1. The van der Waals surface area contributed by atoms with Gasteiger partial charge in [0.15, 0.2) is 0 Å². The summed E-state index contributed by atoms with van der Waals surface area (Å²) in [5, 5.41) is 12.5. The highest BCUT2D eigenvalue weighted by Crippen LogP contribution is 2.26. The number of fused-ring (bicyclic) bond motifs is 1. The van der Waals surface area contributed by atoms with Gasteiger partial charge in [0, 0.05) is 26.1 Å². The minimum Gasteiger partial charge on any atom is -0.480 e. The number of hydrogen-bond acceptors (Lipinski definition) is 5. The van der Waals surface area contributed by atoms with Crippen LogP contribution in [0.2, 0.25) is 0 Å². The number of carboxylic acid groups (broad SMARTS) is 1. The van der Waals surface area contributed by atoms with E-state index in [9.17, 15) is 9.90 Å². The first-order valence-electron chi connectivity index (χ1n) is 6.51. The molecule has 2 N–H and O–H groups in total. The van der Waals surface area contributed by atoms with E-state index >= 15 is 0 Å². The molecule has 6 nitrogen and oxygen atoms in total. The van der Waals surface area contributed by atoms with Gasteiger partial charge < -0.3 is 15.2 Å². The van der Waals surface area contributed by atoms with Gasteiger partial charge in [-0.05, 0) is 12.1 Å². The molecule has 0 radical (unpaired) electrons. The monoisotopic (exact) mass is 273 g/mol. The lowest BCUT2D eigenvalue weighted by Crippen LogP contribution is -2.50. The maximum atomic E-state index is 11.6. The molecule has 6 heteroatoms. The Labute approximate surface area is 115 Å². The van der Waals surface area contributed by atoms with E-state index in [1.807, 2.05) is 24.3 Å². The Morgan fingerprint density at radius 2 is 1.95 bits per heavy atom. The summed E-state index contributed by atoms with van der Waals surface area (Å²) in [5.74, 6) is -0.399. The molecule has 1 aliphatic heterocycles. The van der Waals surface area contributed by atoms with Crippen LogP contribution in [0, 0.1) is 0 Å². The van der Waals surface area contributed by atoms with E-state index in [0.717, 1.165) is 11.0 Å². The summed E-state index contributed by atoms with van der Waals surface area (Å²) in [4.78, 5) is 20.3. The van der Waals surface area contributed by atoms with Crippen LogP contribution in [0.25, 0.3) is 11.0 Å². The molecular weight excluding hydrogens is 258 g/mol. The predicted molar refractivity (Wildman–Crippen MR) is 73.6 cm³/mol. The number of aromatic nitrogens is 2. The molecular formula is C14H15N3O3. The molecule has 20 heavy (non-hydrogen) atoms. The van der Waals surface area contributed by atoms with Crippen LogP contribution in [0.4, 0.5) is 5.82 Å². The lowest BCUT2D eigenvalue weighted by atomic mass is 9.90. The van der Waals surface area contributed by atoms with Crippen LogP contribution in [-0.2, 0) is 9.53 Å². The summed E-state index contributed by atoms with van der Waals surface area (Å²) < 4.78 is 5.24. The fraction of sp³-hybridized carbons (Fsp3) is 0.357. The average Bonchev–Trinajstić information content (AvgIpc) is 2.48. The van der Waals surface area contributed by atoms with Crippen molar-refractivity contribution in [1.82, 2.24) is 9.97 Å². The Hall–Kier alpha value is -2.21. The Morgan fingerprint density at radius 1 is 1.25 bits per heavy atom. The van der Waals surface area contributed by atoms with Crippen molar-refractivity contribution in [3.63, 3.8) is 0 Å². The maximum absolute atomic E-state index is 11.6. The molecule has 0 bridgehead atoms. The van der Waals surface area contributed by atoms with Gasteiger partial charge in [0.1, 0.15) is 11.4 Å². The molecule has 2 aromatic rings. The number of ether oxygens (including phenoxy) is 1. The summed E-state index contributed by atoms with van der Waals surface area (Å²) in [6, 6.07) is 7.49. The fourth-order valence-electron chi connectivity index (χ4n) is 2.37. The Kier molecular flexibility index (Phi) is 3.23. The van der Waals surface area contributed by atoms with Crippen molar-refractivity contribution in [3.05, 3.63) is 30.5 Å². The molecule has 1 fully saturated rings. The molecule has 1 saturated heterocycles. The summed E-state index contributed by atoms with van der Waals surface area (Å²) in [5.41, 5.74) is 0.509. The van der Waals surface area contributed by atoms with Gasteiger partial charge in [-0.1, -0.05) is 12.1 Å². The molecule has 104 valence electrons. The second kappa shape index (κ2) is 5.05. The Balaban J connectivity index is 1.92. The molecule has 0 unspecified atom stereocenters. The van der Waals surface area contributed by atoms with E-state index in [0.29, 0.717) is 31.9 Å². The van der Waals surface area contributed by atoms with Crippen LogP contribution in [0.3, 0.4) is 0 Å². The molecule has 1 aromatic carbocycles. The Bertz CT molecular complexity index is 638. The lowest BCUT2D eigenvalue weighted by Gasteiger charge is -2.34. The second-order valence-electron chi connectivity index (χ2n) is 4.87. The van der Waals surface area contributed by atoms with Crippen LogP contribution in [0.5, 0.6) is 0 Å².